The van der Waals surface area contributed by atoms with Gasteiger partial charge in [0, 0.05) is 31.3 Å². The predicted octanol–water partition coefficient (Wildman–Crippen LogP) is 2.36. The molecule has 0 aromatic heterocycles. The third-order valence-corrected chi connectivity index (χ3v) is 3.79. The quantitative estimate of drug-likeness (QED) is 0.857. The van der Waals surface area contributed by atoms with Crippen LogP contribution in [0.1, 0.15) is 24.8 Å². The lowest BCUT2D eigenvalue weighted by molar-refractivity contribution is 0.107. The molecule has 1 saturated carbocycles. The standard InChI is InChI=1S/C15H23NO3/c1-17-13-7-5-12(8-13)16-10-11-4-6-14(18-2)9-15(11)19-3/h4,6,9,12-13,16H,5,7-8,10H2,1-3H3. The van der Waals surface area contributed by atoms with Crippen LogP contribution in [0.2, 0.25) is 0 Å². The first-order chi connectivity index (χ1) is 9.26. The summed E-state index contributed by atoms with van der Waals surface area (Å²) in [6, 6.07) is 6.47. The molecule has 1 aliphatic rings. The molecule has 0 spiro atoms. The predicted molar refractivity (Wildman–Crippen MR) is 74.8 cm³/mol. The number of hydrogen-bond acceptors (Lipinski definition) is 4. The van der Waals surface area contributed by atoms with Crippen molar-refractivity contribution in [2.24, 2.45) is 0 Å². The van der Waals surface area contributed by atoms with E-state index in [1.807, 2.05) is 18.2 Å². The Morgan fingerprint density at radius 1 is 1.16 bits per heavy atom. The van der Waals surface area contributed by atoms with E-state index in [0.29, 0.717) is 12.1 Å². The van der Waals surface area contributed by atoms with Crippen LogP contribution in [0.25, 0.3) is 0 Å². The van der Waals surface area contributed by atoms with Crippen molar-refractivity contribution in [3.05, 3.63) is 23.8 Å². The molecule has 4 heteroatoms. The molecule has 1 aromatic carbocycles. The second kappa shape index (κ2) is 6.78. The van der Waals surface area contributed by atoms with Crippen molar-refractivity contribution in [1.82, 2.24) is 5.32 Å². The first-order valence-corrected chi connectivity index (χ1v) is 6.74. The zero-order valence-electron chi connectivity index (χ0n) is 11.9. The van der Waals surface area contributed by atoms with Crippen molar-refractivity contribution in [3.8, 4) is 11.5 Å². The molecule has 0 saturated heterocycles. The highest BCUT2D eigenvalue weighted by Gasteiger charge is 2.23. The Kier molecular flexibility index (Phi) is 5.05. The zero-order valence-corrected chi connectivity index (χ0v) is 11.9. The summed E-state index contributed by atoms with van der Waals surface area (Å²) in [7, 11) is 5.14. The van der Waals surface area contributed by atoms with E-state index in [9.17, 15) is 0 Å². The molecule has 1 N–H and O–H groups in total. The average molecular weight is 265 g/mol. The summed E-state index contributed by atoms with van der Waals surface area (Å²) in [4.78, 5) is 0. The molecule has 0 amide bonds. The minimum absolute atomic E-state index is 0.412. The minimum Gasteiger partial charge on any atom is -0.497 e. The Bertz CT molecular complexity index is 408. The molecule has 106 valence electrons. The maximum atomic E-state index is 5.40. The van der Waals surface area contributed by atoms with Crippen molar-refractivity contribution < 1.29 is 14.2 Å². The van der Waals surface area contributed by atoms with Gasteiger partial charge in [-0.15, -0.1) is 0 Å². The highest BCUT2D eigenvalue weighted by atomic mass is 16.5. The molecule has 2 atom stereocenters. The lowest BCUT2D eigenvalue weighted by Crippen LogP contribution is -2.26. The van der Waals surface area contributed by atoms with Crippen LogP contribution in [-0.4, -0.2) is 33.5 Å². The van der Waals surface area contributed by atoms with E-state index in [2.05, 4.69) is 5.32 Å². The molecule has 0 radical (unpaired) electrons. The molecule has 0 heterocycles. The second-order valence-electron chi connectivity index (χ2n) is 4.93. The Morgan fingerprint density at radius 3 is 2.63 bits per heavy atom. The minimum atomic E-state index is 0.412. The molecule has 1 fully saturated rings. The van der Waals surface area contributed by atoms with Crippen LogP contribution < -0.4 is 14.8 Å². The van der Waals surface area contributed by atoms with Crippen molar-refractivity contribution in [2.75, 3.05) is 21.3 Å². The van der Waals surface area contributed by atoms with Gasteiger partial charge in [0.15, 0.2) is 0 Å². The number of benzene rings is 1. The summed E-state index contributed by atoms with van der Waals surface area (Å²) in [5.74, 6) is 1.69. The van der Waals surface area contributed by atoms with Crippen molar-refractivity contribution >= 4 is 0 Å². The van der Waals surface area contributed by atoms with Crippen LogP contribution >= 0.6 is 0 Å². The van der Waals surface area contributed by atoms with Gasteiger partial charge < -0.3 is 19.5 Å². The molecular formula is C15H23NO3. The fraction of sp³-hybridized carbons (Fsp3) is 0.600. The third-order valence-electron chi connectivity index (χ3n) is 3.79. The summed E-state index contributed by atoms with van der Waals surface area (Å²) in [5.41, 5.74) is 1.16. The topological polar surface area (TPSA) is 39.7 Å². The first-order valence-electron chi connectivity index (χ1n) is 6.74. The fourth-order valence-electron chi connectivity index (χ4n) is 2.59. The van der Waals surface area contributed by atoms with Gasteiger partial charge in [-0.1, -0.05) is 6.07 Å². The Balaban J connectivity index is 1.92. The fourth-order valence-corrected chi connectivity index (χ4v) is 2.59. The first kappa shape index (κ1) is 14.2. The van der Waals surface area contributed by atoms with E-state index in [0.717, 1.165) is 36.4 Å². The molecule has 1 aromatic rings. The van der Waals surface area contributed by atoms with Gasteiger partial charge in [0.25, 0.3) is 0 Å². The van der Waals surface area contributed by atoms with Gasteiger partial charge in [0.05, 0.1) is 20.3 Å². The monoisotopic (exact) mass is 265 g/mol. The van der Waals surface area contributed by atoms with E-state index in [1.165, 1.54) is 6.42 Å². The van der Waals surface area contributed by atoms with Crippen LogP contribution in [0.4, 0.5) is 0 Å². The summed E-state index contributed by atoms with van der Waals surface area (Å²) >= 11 is 0. The molecule has 2 rings (SSSR count). The van der Waals surface area contributed by atoms with E-state index >= 15 is 0 Å². The highest BCUT2D eigenvalue weighted by Crippen LogP contribution is 2.26. The molecule has 2 unspecified atom stereocenters. The Hall–Kier alpha value is -1.26. The summed E-state index contributed by atoms with van der Waals surface area (Å²) < 4.78 is 16.0. The molecule has 0 bridgehead atoms. The maximum absolute atomic E-state index is 5.40. The molecule has 4 nitrogen and oxygen atoms in total. The van der Waals surface area contributed by atoms with E-state index in [-0.39, 0.29) is 0 Å². The largest absolute Gasteiger partial charge is 0.497 e. The van der Waals surface area contributed by atoms with E-state index in [1.54, 1.807) is 21.3 Å². The van der Waals surface area contributed by atoms with Gasteiger partial charge in [0.1, 0.15) is 11.5 Å². The Morgan fingerprint density at radius 2 is 2.00 bits per heavy atom. The summed E-state index contributed by atoms with van der Waals surface area (Å²) in [6.07, 6.45) is 3.83. The lowest BCUT2D eigenvalue weighted by atomic mass is 10.1. The van der Waals surface area contributed by atoms with Crippen LogP contribution in [0.15, 0.2) is 18.2 Å². The summed E-state index contributed by atoms with van der Waals surface area (Å²) in [6.45, 7) is 0.814. The number of methoxy groups -OCH3 is 3. The zero-order chi connectivity index (χ0) is 13.7. The third kappa shape index (κ3) is 3.61. The number of ether oxygens (including phenoxy) is 3. The lowest BCUT2D eigenvalue weighted by Gasteiger charge is -2.15. The summed E-state index contributed by atoms with van der Waals surface area (Å²) in [5, 5.41) is 3.57. The number of nitrogens with one attached hydrogen (secondary N) is 1. The van der Waals surface area contributed by atoms with E-state index < -0.39 is 0 Å². The van der Waals surface area contributed by atoms with Crippen LogP contribution in [0.5, 0.6) is 11.5 Å². The SMILES string of the molecule is COc1ccc(CNC2CCC(OC)C2)c(OC)c1. The second-order valence-corrected chi connectivity index (χ2v) is 4.93. The normalized spacial score (nSPS) is 22.5. The molecule has 19 heavy (non-hydrogen) atoms. The van der Waals surface area contributed by atoms with E-state index in [4.69, 9.17) is 14.2 Å². The number of rotatable bonds is 6. The molecular weight excluding hydrogens is 242 g/mol. The van der Waals surface area contributed by atoms with Crippen molar-refractivity contribution in [2.45, 2.75) is 38.0 Å². The van der Waals surface area contributed by atoms with Crippen molar-refractivity contribution in [3.63, 3.8) is 0 Å². The van der Waals surface area contributed by atoms with Gasteiger partial charge in [-0.2, -0.15) is 0 Å². The van der Waals surface area contributed by atoms with Gasteiger partial charge in [-0.3, -0.25) is 0 Å². The van der Waals surface area contributed by atoms with Crippen LogP contribution in [0.3, 0.4) is 0 Å². The number of hydrogen-bond donors (Lipinski definition) is 1. The average Bonchev–Trinajstić information content (AvgIpc) is 2.92. The van der Waals surface area contributed by atoms with Crippen LogP contribution in [-0.2, 0) is 11.3 Å². The smallest absolute Gasteiger partial charge is 0.127 e. The van der Waals surface area contributed by atoms with Crippen molar-refractivity contribution in [1.29, 1.82) is 0 Å². The van der Waals surface area contributed by atoms with Crippen LogP contribution in [0, 0.1) is 0 Å². The Labute approximate surface area is 115 Å². The van der Waals surface area contributed by atoms with Gasteiger partial charge in [-0.05, 0) is 25.3 Å². The van der Waals surface area contributed by atoms with Gasteiger partial charge >= 0.3 is 0 Å². The maximum Gasteiger partial charge on any atom is 0.127 e. The molecule has 1 aliphatic carbocycles. The van der Waals surface area contributed by atoms with Gasteiger partial charge in [0.2, 0.25) is 0 Å². The molecule has 0 aliphatic heterocycles. The highest BCUT2D eigenvalue weighted by molar-refractivity contribution is 5.40. The van der Waals surface area contributed by atoms with Gasteiger partial charge in [-0.25, -0.2) is 0 Å².